The molecule has 0 bridgehead atoms. The average Bonchev–Trinajstić information content (AvgIpc) is 2.68. The van der Waals surface area contributed by atoms with Crippen LogP contribution < -0.4 is 21.3 Å². The van der Waals surface area contributed by atoms with Crippen LogP contribution in [0.2, 0.25) is 0 Å². The number of carbonyl (C=O) groups excluding carboxylic acids is 1. The maximum Gasteiger partial charge on any atom is 0.331 e. The van der Waals surface area contributed by atoms with Gasteiger partial charge in [0.05, 0.1) is 6.61 Å². The number of amides is 1. The van der Waals surface area contributed by atoms with E-state index in [9.17, 15) is 23.9 Å². The quantitative estimate of drug-likeness (QED) is 0.708. The zero-order chi connectivity index (χ0) is 20.8. The molecule has 2 rings (SSSR count). The largest absolute Gasteiger partial charge is 0.501 e. The van der Waals surface area contributed by atoms with E-state index < -0.39 is 34.4 Å². The number of hydrogen-bond donors (Lipinski definition) is 2. The van der Waals surface area contributed by atoms with Crippen molar-refractivity contribution in [1.82, 2.24) is 14.5 Å². The number of carbonyl (C=O) groups is 1. The van der Waals surface area contributed by atoms with Gasteiger partial charge in [-0.15, -0.1) is 0 Å². The summed E-state index contributed by atoms with van der Waals surface area (Å²) in [7, 11) is 1.23. The summed E-state index contributed by atoms with van der Waals surface area (Å²) < 4.78 is 20.8. The minimum Gasteiger partial charge on any atom is -0.501 e. The molecule has 1 aromatic carbocycles. The Kier molecular flexibility index (Phi) is 6.97. The van der Waals surface area contributed by atoms with Gasteiger partial charge >= 0.3 is 5.69 Å². The molecule has 0 unspecified atom stereocenters. The summed E-state index contributed by atoms with van der Waals surface area (Å²) in [4.78, 5) is 37.0. The van der Waals surface area contributed by atoms with Crippen molar-refractivity contribution in [2.45, 2.75) is 39.8 Å². The predicted octanol–water partition coefficient (Wildman–Crippen LogP) is 1.52. The molecule has 0 radical (unpaired) electrons. The van der Waals surface area contributed by atoms with Gasteiger partial charge in [-0.3, -0.25) is 18.7 Å². The number of rotatable bonds is 8. The molecule has 0 spiro atoms. The van der Waals surface area contributed by atoms with Gasteiger partial charge in [-0.05, 0) is 18.9 Å². The Morgan fingerprint density at radius 3 is 2.61 bits per heavy atom. The van der Waals surface area contributed by atoms with Gasteiger partial charge in [0, 0.05) is 31.8 Å². The van der Waals surface area contributed by atoms with Crippen molar-refractivity contribution in [2.24, 2.45) is 7.05 Å². The minimum atomic E-state index is -0.948. The summed E-state index contributed by atoms with van der Waals surface area (Å²) in [5, 5.41) is 12.7. The predicted molar refractivity (Wildman–Crippen MR) is 101 cm³/mol. The summed E-state index contributed by atoms with van der Waals surface area (Å²) in [6.45, 7) is 4.21. The van der Waals surface area contributed by atoms with Crippen molar-refractivity contribution in [3.63, 3.8) is 0 Å². The monoisotopic (exact) mass is 393 g/mol. The molecular formula is C19H24FN3O5. The molecule has 1 amide bonds. The SMILES string of the molecule is CCCOc1cc(F)ccc1CNC(=O)c1c(O)c(=O)n(C)c(=O)n1CCC. The van der Waals surface area contributed by atoms with Crippen molar-refractivity contribution in [3.8, 4) is 11.5 Å². The fourth-order valence-electron chi connectivity index (χ4n) is 2.69. The highest BCUT2D eigenvalue weighted by molar-refractivity contribution is 5.94. The molecule has 1 heterocycles. The van der Waals surface area contributed by atoms with Gasteiger partial charge in [-0.25, -0.2) is 9.18 Å². The smallest absolute Gasteiger partial charge is 0.331 e. The molecule has 0 saturated carbocycles. The van der Waals surface area contributed by atoms with Crippen LogP contribution in [-0.2, 0) is 20.1 Å². The van der Waals surface area contributed by atoms with Crippen LogP contribution in [0, 0.1) is 5.82 Å². The highest BCUT2D eigenvalue weighted by atomic mass is 19.1. The third kappa shape index (κ3) is 4.41. The number of ether oxygens (including phenoxy) is 1. The first-order valence-corrected chi connectivity index (χ1v) is 9.03. The van der Waals surface area contributed by atoms with E-state index in [0.29, 0.717) is 24.3 Å². The topological polar surface area (TPSA) is 103 Å². The lowest BCUT2D eigenvalue weighted by Crippen LogP contribution is -2.42. The maximum absolute atomic E-state index is 13.5. The zero-order valence-electron chi connectivity index (χ0n) is 16.1. The molecule has 0 saturated heterocycles. The Hall–Kier alpha value is -3.10. The third-order valence-electron chi connectivity index (χ3n) is 4.11. The summed E-state index contributed by atoms with van der Waals surface area (Å²) >= 11 is 0. The third-order valence-corrected chi connectivity index (χ3v) is 4.11. The highest BCUT2D eigenvalue weighted by Gasteiger charge is 2.22. The molecule has 2 aromatic rings. The average molecular weight is 393 g/mol. The highest BCUT2D eigenvalue weighted by Crippen LogP contribution is 2.20. The first-order valence-electron chi connectivity index (χ1n) is 9.03. The van der Waals surface area contributed by atoms with Crippen molar-refractivity contribution in [2.75, 3.05) is 6.61 Å². The lowest BCUT2D eigenvalue weighted by Gasteiger charge is -2.16. The lowest BCUT2D eigenvalue weighted by molar-refractivity contribution is 0.0935. The number of benzene rings is 1. The fourth-order valence-corrected chi connectivity index (χ4v) is 2.69. The molecular weight excluding hydrogens is 369 g/mol. The van der Waals surface area contributed by atoms with Crippen LogP contribution in [0.1, 0.15) is 42.7 Å². The van der Waals surface area contributed by atoms with Crippen LogP contribution in [0.3, 0.4) is 0 Å². The summed E-state index contributed by atoms with van der Waals surface area (Å²) in [5.41, 5.74) is -1.51. The van der Waals surface area contributed by atoms with E-state index in [0.717, 1.165) is 15.6 Å². The Labute approximate surface area is 161 Å². The van der Waals surface area contributed by atoms with Gasteiger partial charge in [-0.2, -0.15) is 0 Å². The van der Waals surface area contributed by atoms with Gasteiger partial charge in [0.25, 0.3) is 11.5 Å². The molecule has 28 heavy (non-hydrogen) atoms. The number of halogens is 1. The van der Waals surface area contributed by atoms with Crippen LogP contribution in [0.25, 0.3) is 0 Å². The van der Waals surface area contributed by atoms with Gasteiger partial charge in [0.1, 0.15) is 11.6 Å². The molecule has 8 nitrogen and oxygen atoms in total. The van der Waals surface area contributed by atoms with E-state index in [4.69, 9.17) is 4.74 Å². The first kappa shape index (κ1) is 21.2. The summed E-state index contributed by atoms with van der Waals surface area (Å²) in [6, 6.07) is 3.94. The van der Waals surface area contributed by atoms with E-state index >= 15 is 0 Å². The molecule has 9 heteroatoms. The Morgan fingerprint density at radius 2 is 1.96 bits per heavy atom. The van der Waals surface area contributed by atoms with Crippen molar-refractivity contribution in [3.05, 3.63) is 56.1 Å². The normalized spacial score (nSPS) is 10.7. The van der Waals surface area contributed by atoms with Crippen LogP contribution in [0.5, 0.6) is 11.5 Å². The van der Waals surface area contributed by atoms with Gasteiger partial charge in [0.15, 0.2) is 5.69 Å². The Balaban J connectivity index is 2.34. The van der Waals surface area contributed by atoms with Crippen LogP contribution in [0.4, 0.5) is 4.39 Å². The van der Waals surface area contributed by atoms with E-state index in [2.05, 4.69) is 5.32 Å². The molecule has 1 aromatic heterocycles. The molecule has 152 valence electrons. The van der Waals surface area contributed by atoms with E-state index in [1.807, 2.05) is 6.92 Å². The van der Waals surface area contributed by atoms with Crippen LogP contribution in [0.15, 0.2) is 27.8 Å². The summed E-state index contributed by atoms with van der Waals surface area (Å²) in [6.07, 6.45) is 1.25. The van der Waals surface area contributed by atoms with Crippen molar-refractivity contribution >= 4 is 5.91 Å². The number of aromatic nitrogens is 2. The number of aromatic hydroxyl groups is 1. The zero-order valence-corrected chi connectivity index (χ0v) is 16.1. The van der Waals surface area contributed by atoms with E-state index in [-0.39, 0.29) is 13.1 Å². The number of nitrogens with one attached hydrogen (secondary N) is 1. The van der Waals surface area contributed by atoms with Gasteiger partial charge < -0.3 is 15.2 Å². The van der Waals surface area contributed by atoms with E-state index in [1.54, 1.807) is 6.92 Å². The number of hydrogen-bond acceptors (Lipinski definition) is 5. The molecule has 0 aliphatic rings. The Bertz CT molecular complexity index is 981. The molecule has 0 atom stereocenters. The molecule has 0 aliphatic carbocycles. The van der Waals surface area contributed by atoms with Crippen molar-refractivity contribution in [1.29, 1.82) is 0 Å². The van der Waals surface area contributed by atoms with Crippen molar-refractivity contribution < 1.29 is 19.0 Å². The lowest BCUT2D eigenvalue weighted by atomic mass is 10.2. The van der Waals surface area contributed by atoms with Crippen LogP contribution >= 0.6 is 0 Å². The molecule has 0 fully saturated rings. The maximum atomic E-state index is 13.5. The van der Waals surface area contributed by atoms with Gasteiger partial charge in [-0.1, -0.05) is 19.9 Å². The second kappa shape index (κ2) is 9.20. The second-order valence-electron chi connectivity index (χ2n) is 6.28. The Morgan fingerprint density at radius 1 is 1.25 bits per heavy atom. The molecule has 0 aliphatic heterocycles. The summed E-state index contributed by atoms with van der Waals surface area (Å²) in [5.74, 6) is -1.76. The minimum absolute atomic E-state index is 0.0346. The van der Waals surface area contributed by atoms with Crippen LogP contribution in [-0.4, -0.2) is 26.8 Å². The van der Waals surface area contributed by atoms with E-state index in [1.165, 1.54) is 25.2 Å². The van der Waals surface area contributed by atoms with Gasteiger partial charge in [0.2, 0.25) is 5.75 Å². The number of nitrogens with zero attached hydrogens (tertiary/aromatic N) is 2. The second-order valence-corrected chi connectivity index (χ2v) is 6.28. The standard InChI is InChI=1S/C19H24FN3O5/c1-4-8-23-15(16(24)18(26)22(3)19(23)27)17(25)21-11-12-6-7-13(20)10-14(12)28-9-5-2/h6-7,10,24H,4-5,8-9,11H2,1-3H3,(H,21,25). The fraction of sp³-hybridized carbons (Fsp3) is 0.421. The first-order chi connectivity index (χ1) is 13.3. The molecule has 2 N–H and O–H groups in total.